The minimum Gasteiger partial charge on any atom is -0.429 e. The quantitative estimate of drug-likeness (QED) is 0.135. The van der Waals surface area contributed by atoms with Crippen molar-refractivity contribution < 1.29 is 58.5 Å². The van der Waals surface area contributed by atoms with Gasteiger partial charge in [0.15, 0.2) is 23.7 Å². The molecule has 4 nitrogen and oxygen atoms in total. The van der Waals surface area contributed by atoms with Gasteiger partial charge in [0.2, 0.25) is 0 Å². The van der Waals surface area contributed by atoms with Crippen LogP contribution in [0.1, 0.15) is 23.8 Å². The summed E-state index contributed by atoms with van der Waals surface area (Å²) in [4.78, 5) is 0. The normalized spacial score (nSPS) is 17.0. The number of alkyl halides is 2. The monoisotopic (exact) mass is 642 g/mol. The molecule has 1 saturated heterocycles. The molecule has 0 N–H and O–H groups in total. The Morgan fingerprint density at radius 1 is 0.689 bits per heavy atom. The van der Waals surface area contributed by atoms with Gasteiger partial charge in [0, 0.05) is 42.4 Å². The molecule has 0 unspecified atom stereocenters. The lowest BCUT2D eigenvalue weighted by atomic mass is 9.99. The number of methoxy groups -OCH3 is 1. The van der Waals surface area contributed by atoms with Crippen molar-refractivity contribution in [2.75, 3.05) is 26.9 Å². The van der Waals surface area contributed by atoms with Crippen LogP contribution in [0.5, 0.6) is 5.75 Å². The molecular formula is C32H23F9O4. The van der Waals surface area contributed by atoms with Crippen LogP contribution in [0.3, 0.4) is 0 Å². The van der Waals surface area contributed by atoms with E-state index in [1.807, 2.05) is 0 Å². The van der Waals surface area contributed by atoms with Crippen LogP contribution in [0.2, 0.25) is 0 Å². The molecule has 1 aliphatic heterocycles. The molecule has 0 bridgehead atoms. The molecule has 1 aliphatic rings. The van der Waals surface area contributed by atoms with Gasteiger partial charge in [0.05, 0.1) is 13.2 Å². The first-order valence-electron chi connectivity index (χ1n) is 13.4. The van der Waals surface area contributed by atoms with Crippen molar-refractivity contribution in [3.8, 4) is 28.0 Å². The number of ether oxygens (including phenoxy) is 4. The number of rotatable bonds is 9. The third-order valence-corrected chi connectivity index (χ3v) is 7.09. The molecule has 1 fully saturated rings. The number of halogens is 9. The molecule has 0 amide bonds. The van der Waals surface area contributed by atoms with Gasteiger partial charge in [-0.3, -0.25) is 0 Å². The van der Waals surface area contributed by atoms with E-state index in [0.29, 0.717) is 43.4 Å². The van der Waals surface area contributed by atoms with Crippen molar-refractivity contribution in [1.82, 2.24) is 0 Å². The highest BCUT2D eigenvalue weighted by molar-refractivity contribution is 5.72. The maximum absolute atomic E-state index is 15.0. The second-order valence-corrected chi connectivity index (χ2v) is 10.2. The minimum absolute atomic E-state index is 0.0172. The molecule has 4 aromatic carbocycles. The molecule has 4 aromatic rings. The second kappa shape index (κ2) is 13.1. The van der Waals surface area contributed by atoms with E-state index in [2.05, 4.69) is 4.74 Å². The molecule has 238 valence electrons. The maximum atomic E-state index is 15.0. The van der Waals surface area contributed by atoms with Crippen molar-refractivity contribution >= 4 is 0 Å². The summed E-state index contributed by atoms with van der Waals surface area (Å²) in [6.07, 6.45) is -5.15. The smallest absolute Gasteiger partial charge is 0.429 e. The molecule has 0 aliphatic carbocycles. The minimum atomic E-state index is -4.59. The molecule has 1 heterocycles. The summed E-state index contributed by atoms with van der Waals surface area (Å²) in [5.74, 6) is -11.2. The molecule has 45 heavy (non-hydrogen) atoms. The van der Waals surface area contributed by atoms with E-state index in [1.54, 1.807) is 0 Å². The van der Waals surface area contributed by atoms with Crippen molar-refractivity contribution in [2.45, 2.75) is 18.8 Å². The van der Waals surface area contributed by atoms with E-state index >= 15 is 0 Å². The summed E-state index contributed by atoms with van der Waals surface area (Å²) in [7, 11) is 1.53. The summed E-state index contributed by atoms with van der Waals surface area (Å²) in [6, 6.07) is 7.82. The Morgan fingerprint density at radius 3 is 1.82 bits per heavy atom. The lowest BCUT2D eigenvalue weighted by Gasteiger charge is -2.30. The van der Waals surface area contributed by atoms with Crippen molar-refractivity contribution in [1.29, 1.82) is 0 Å². The molecule has 0 saturated carbocycles. The average molecular weight is 643 g/mol. The van der Waals surface area contributed by atoms with Gasteiger partial charge in [0.25, 0.3) is 0 Å². The highest BCUT2D eigenvalue weighted by Gasteiger charge is 2.42. The van der Waals surface area contributed by atoms with E-state index < -0.39 is 64.4 Å². The Bertz CT molecular complexity index is 1660. The highest BCUT2D eigenvalue weighted by atomic mass is 19.3. The van der Waals surface area contributed by atoms with Crippen LogP contribution in [0.4, 0.5) is 39.5 Å². The summed E-state index contributed by atoms with van der Waals surface area (Å²) in [6.45, 7) is 0.856. The van der Waals surface area contributed by atoms with Crippen LogP contribution in [0.15, 0.2) is 60.7 Å². The largest absolute Gasteiger partial charge is 0.432 e. The van der Waals surface area contributed by atoms with Crippen LogP contribution < -0.4 is 4.74 Å². The van der Waals surface area contributed by atoms with Gasteiger partial charge in [-0.15, -0.1) is 0 Å². The number of hydrogen-bond donors (Lipinski definition) is 0. The number of hydrogen-bond acceptors (Lipinski definition) is 4. The standard InChI is InChI=1S/C32H23F9O4/c1-42-7-6-16-14-43-31(44-15-16)19-11-25(35)29(26(36)12-19)32(40,41)45-20-3-5-21(24(34)13-20)17-2-4-22(23(33)8-17)18-9-27(37)30(39)28(38)10-18/h2-5,8-13,16,31H,6-7,14-15H2,1H3. The fraction of sp³-hybridized carbons (Fsp3) is 0.250. The van der Waals surface area contributed by atoms with Crippen LogP contribution >= 0.6 is 0 Å². The molecule has 0 radical (unpaired) electrons. The Hall–Kier alpha value is -4.07. The van der Waals surface area contributed by atoms with E-state index in [1.165, 1.54) is 13.2 Å². The maximum Gasteiger partial charge on any atom is 0.432 e. The Morgan fingerprint density at radius 2 is 1.24 bits per heavy atom. The summed E-state index contributed by atoms with van der Waals surface area (Å²) >= 11 is 0. The predicted molar refractivity (Wildman–Crippen MR) is 143 cm³/mol. The van der Waals surface area contributed by atoms with Crippen molar-refractivity contribution in [2.24, 2.45) is 5.92 Å². The van der Waals surface area contributed by atoms with Crippen molar-refractivity contribution in [3.05, 3.63) is 113 Å². The van der Waals surface area contributed by atoms with Gasteiger partial charge in [0.1, 0.15) is 34.6 Å². The van der Waals surface area contributed by atoms with Gasteiger partial charge in [-0.1, -0.05) is 12.1 Å². The zero-order valence-corrected chi connectivity index (χ0v) is 23.3. The fourth-order valence-corrected chi connectivity index (χ4v) is 4.81. The lowest BCUT2D eigenvalue weighted by Crippen LogP contribution is -2.29. The molecule has 0 atom stereocenters. The number of benzene rings is 4. The third kappa shape index (κ3) is 6.95. The zero-order chi connectivity index (χ0) is 32.5. The van der Waals surface area contributed by atoms with Gasteiger partial charge in [-0.25, -0.2) is 30.7 Å². The van der Waals surface area contributed by atoms with Gasteiger partial charge < -0.3 is 18.9 Å². The van der Waals surface area contributed by atoms with E-state index in [-0.39, 0.29) is 46.9 Å². The van der Waals surface area contributed by atoms with Crippen LogP contribution in [-0.2, 0) is 20.3 Å². The topological polar surface area (TPSA) is 36.9 Å². The summed E-state index contributed by atoms with van der Waals surface area (Å²) in [5, 5.41) is 0. The summed E-state index contributed by atoms with van der Waals surface area (Å²) < 4.78 is 150. The van der Waals surface area contributed by atoms with Crippen LogP contribution in [-0.4, -0.2) is 26.9 Å². The molecule has 5 rings (SSSR count). The summed E-state index contributed by atoms with van der Waals surface area (Å²) in [5.41, 5.74) is -2.92. The third-order valence-electron chi connectivity index (χ3n) is 7.09. The molecule has 0 spiro atoms. The highest BCUT2D eigenvalue weighted by Crippen LogP contribution is 2.39. The van der Waals surface area contributed by atoms with Gasteiger partial charge in [-0.2, -0.15) is 8.78 Å². The van der Waals surface area contributed by atoms with Crippen molar-refractivity contribution in [3.63, 3.8) is 0 Å². The average Bonchev–Trinajstić information content (AvgIpc) is 2.98. The molecule has 0 aromatic heterocycles. The fourth-order valence-electron chi connectivity index (χ4n) is 4.81. The SMILES string of the molecule is COCCC1COC(c2cc(F)c(C(F)(F)Oc3ccc(-c4ccc(-c5cc(F)c(F)c(F)c5)c(F)c4)c(F)c3)c(F)c2)OC1. The van der Waals surface area contributed by atoms with Crippen LogP contribution in [0, 0.1) is 46.6 Å². The van der Waals surface area contributed by atoms with E-state index in [9.17, 15) is 39.5 Å². The van der Waals surface area contributed by atoms with E-state index in [4.69, 9.17) is 14.2 Å². The first-order valence-corrected chi connectivity index (χ1v) is 13.4. The van der Waals surface area contributed by atoms with Gasteiger partial charge in [-0.05, 0) is 60.0 Å². The second-order valence-electron chi connectivity index (χ2n) is 10.2. The van der Waals surface area contributed by atoms with Crippen LogP contribution in [0.25, 0.3) is 22.3 Å². The van der Waals surface area contributed by atoms with Gasteiger partial charge >= 0.3 is 6.11 Å². The Labute approximate surface area is 250 Å². The molecular weight excluding hydrogens is 619 g/mol. The zero-order valence-electron chi connectivity index (χ0n) is 23.3. The predicted octanol–water partition coefficient (Wildman–Crippen LogP) is 8.82. The first kappa shape index (κ1) is 32.3. The first-order chi connectivity index (χ1) is 21.4. The lowest BCUT2D eigenvalue weighted by molar-refractivity contribution is -0.207. The Kier molecular flexibility index (Phi) is 9.42. The molecule has 13 heteroatoms. The Balaban J connectivity index is 1.32. The van der Waals surface area contributed by atoms with E-state index in [0.717, 1.165) is 24.3 Å².